The minimum Gasteiger partial charge on any atom is -0.351 e. The molecule has 0 aliphatic heterocycles. The molecule has 11 heteroatoms. The number of pyridine rings is 1. The molecule has 1 fully saturated rings. The molecule has 2 aromatic heterocycles. The number of benzene rings is 2. The van der Waals surface area contributed by atoms with Crippen LogP contribution in [0.5, 0.6) is 0 Å². The van der Waals surface area contributed by atoms with Gasteiger partial charge in [-0.1, -0.05) is 18.2 Å². The van der Waals surface area contributed by atoms with Gasteiger partial charge in [-0.3, -0.25) is 4.72 Å². The van der Waals surface area contributed by atoms with E-state index in [0.717, 1.165) is 31.2 Å². The number of aromatic nitrogens is 3. The largest absolute Gasteiger partial charge is 0.351 e. The Balaban J connectivity index is 1.35. The summed E-state index contributed by atoms with van der Waals surface area (Å²) in [6.07, 6.45) is 6.04. The summed E-state index contributed by atoms with van der Waals surface area (Å²) < 4.78 is 42.9. The minimum atomic E-state index is -4.17. The highest BCUT2D eigenvalue weighted by atomic mass is 32.2. The molecule has 0 amide bonds. The summed E-state index contributed by atoms with van der Waals surface area (Å²) >= 11 is 0. The first-order chi connectivity index (χ1) is 19.1. The van der Waals surface area contributed by atoms with E-state index in [9.17, 15) is 13.7 Å². The van der Waals surface area contributed by atoms with Crippen molar-refractivity contribution in [3.8, 4) is 17.3 Å². The first-order valence-corrected chi connectivity index (χ1v) is 14.5. The van der Waals surface area contributed by atoms with Crippen molar-refractivity contribution >= 4 is 32.7 Å². The number of halogens is 1. The molecule has 0 atom stereocenters. The molecule has 9 nitrogen and oxygen atoms in total. The van der Waals surface area contributed by atoms with E-state index in [2.05, 4.69) is 39.0 Å². The predicted octanol–water partition coefficient (Wildman–Crippen LogP) is 5.10. The zero-order chi connectivity index (χ0) is 28.4. The number of nitrogens with zero attached hydrogens (tertiary/aromatic N) is 5. The lowest BCUT2D eigenvalue weighted by Gasteiger charge is -2.32. The Bertz CT molecular complexity index is 1710. The normalized spacial score (nSPS) is 17.5. The number of aryl methyl sites for hydroxylation is 1. The van der Waals surface area contributed by atoms with Crippen LogP contribution in [-0.4, -0.2) is 54.4 Å². The summed E-state index contributed by atoms with van der Waals surface area (Å²) in [6, 6.07) is 14.5. The molecule has 0 radical (unpaired) electrons. The average molecular weight is 560 g/mol. The average Bonchev–Trinajstić information content (AvgIpc) is 2.94. The molecule has 0 spiro atoms. The Morgan fingerprint density at radius 3 is 2.50 bits per heavy atom. The van der Waals surface area contributed by atoms with Crippen LogP contribution >= 0.6 is 0 Å². The lowest BCUT2D eigenvalue weighted by molar-refractivity contribution is 0.221. The third kappa shape index (κ3) is 5.73. The highest BCUT2D eigenvalue weighted by Gasteiger charge is 2.23. The van der Waals surface area contributed by atoms with Gasteiger partial charge in [0.2, 0.25) is 5.95 Å². The van der Waals surface area contributed by atoms with Gasteiger partial charge in [0.25, 0.3) is 10.0 Å². The van der Waals surface area contributed by atoms with Gasteiger partial charge in [0, 0.05) is 17.6 Å². The number of hydrogen-bond acceptors (Lipinski definition) is 8. The van der Waals surface area contributed by atoms with Crippen LogP contribution in [0.2, 0.25) is 0 Å². The number of hydrogen-bond donors (Lipinski definition) is 2. The second-order valence-electron chi connectivity index (χ2n) is 10.3. The highest BCUT2D eigenvalue weighted by Crippen LogP contribution is 2.29. The summed E-state index contributed by atoms with van der Waals surface area (Å²) in [5.41, 5.74) is 2.88. The molecule has 1 saturated carbocycles. The minimum absolute atomic E-state index is 0.0276. The number of nitrogens with one attached hydrogen (secondary N) is 2. The fourth-order valence-corrected chi connectivity index (χ4v) is 6.30. The van der Waals surface area contributed by atoms with Crippen LogP contribution in [0, 0.1) is 24.1 Å². The number of sulfonamides is 1. The Morgan fingerprint density at radius 2 is 1.80 bits per heavy atom. The molecule has 0 unspecified atom stereocenters. The van der Waals surface area contributed by atoms with Crippen LogP contribution in [0.1, 0.15) is 36.8 Å². The first-order valence-electron chi connectivity index (χ1n) is 13.0. The van der Waals surface area contributed by atoms with E-state index in [4.69, 9.17) is 4.98 Å². The molecule has 40 heavy (non-hydrogen) atoms. The molecule has 4 aromatic rings. The number of fused-ring (bicyclic) bond motifs is 1. The van der Waals surface area contributed by atoms with E-state index in [-0.39, 0.29) is 16.1 Å². The highest BCUT2D eigenvalue weighted by molar-refractivity contribution is 7.92. The van der Waals surface area contributed by atoms with Gasteiger partial charge in [-0.05, 0) is 82.6 Å². The Morgan fingerprint density at radius 1 is 1.05 bits per heavy atom. The van der Waals surface area contributed by atoms with Crippen LogP contribution in [0.15, 0.2) is 59.6 Å². The van der Waals surface area contributed by atoms with Crippen molar-refractivity contribution < 1.29 is 12.8 Å². The topological polar surface area (TPSA) is 124 Å². The van der Waals surface area contributed by atoms with E-state index in [0.29, 0.717) is 40.3 Å². The maximum atomic E-state index is 15.1. The molecular weight excluding hydrogens is 529 g/mol. The van der Waals surface area contributed by atoms with Crippen LogP contribution in [0.3, 0.4) is 0 Å². The van der Waals surface area contributed by atoms with Crippen LogP contribution < -0.4 is 10.0 Å². The smallest absolute Gasteiger partial charge is 0.263 e. The molecule has 0 saturated heterocycles. The van der Waals surface area contributed by atoms with Crippen molar-refractivity contribution in [3.05, 3.63) is 71.7 Å². The molecule has 2 N–H and O–H groups in total. The standard InChI is InChI=1S/C29H30FN7O2S/c1-18-14-25(34-26-17-32-29(35-28(18)26)33-21-9-11-22(12-10-21)37(2)3)19-8-13-24(23(30)15-19)36-40(38,39)27-7-5-4-6-20(27)16-31/h4-8,13-15,17,21-22,36H,9-12H2,1-3H3,(H,32,33,35). The second-order valence-corrected chi connectivity index (χ2v) is 11.9. The van der Waals surface area contributed by atoms with Crippen molar-refractivity contribution in [2.45, 2.75) is 49.6 Å². The number of nitriles is 1. The fourth-order valence-electron chi connectivity index (χ4n) is 5.07. The maximum Gasteiger partial charge on any atom is 0.263 e. The van der Waals surface area contributed by atoms with Gasteiger partial charge >= 0.3 is 0 Å². The SMILES string of the molecule is Cc1cc(-c2ccc(NS(=O)(=O)c3ccccc3C#N)c(F)c2)nc2cnc(NC3CCC(N(C)C)CC3)nc12. The van der Waals surface area contributed by atoms with Gasteiger partial charge in [0.05, 0.1) is 28.7 Å². The quantitative estimate of drug-likeness (QED) is 0.321. The summed E-state index contributed by atoms with van der Waals surface area (Å²) in [7, 11) is 0.0783. The molecule has 206 valence electrons. The van der Waals surface area contributed by atoms with E-state index < -0.39 is 15.8 Å². The first kappa shape index (κ1) is 27.4. The third-order valence-corrected chi connectivity index (χ3v) is 8.73. The lowest BCUT2D eigenvalue weighted by atomic mass is 9.91. The van der Waals surface area contributed by atoms with Crippen molar-refractivity contribution in [3.63, 3.8) is 0 Å². The van der Waals surface area contributed by atoms with E-state index >= 15 is 4.39 Å². The molecular formula is C29H30FN7O2S. The van der Waals surface area contributed by atoms with E-state index in [1.54, 1.807) is 18.3 Å². The van der Waals surface area contributed by atoms with Gasteiger partial charge in [-0.2, -0.15) is 5.26 Å². The van der Waals surface area contributed by atoms with Crippen molar-refractivity contribution in [2.24, 2.45) is 0 Å². The molecule has 5 rings (SSSR count). The van der Waals surface area contributed by atoms with Crippen molar-refractivity contribution in [1.29, 1.82) is 5.26 Å². The zero-order valence-corrected chi connectivity index (χ0v) is 23.3. The lowest BCUT2D eigenvalue weighted by Crippen LogP contribution is -2.36. The summed E-state index contributed by atoms with van der Waals surface area (Å²) in [4.78, 5) is 15.9. The van der Waals surface area contributed by atoms with Crippen molar-refractivity contribution in [2.75, 3.05) is 24.1 Å². The summed E-state index contributed by atoms with van der Waals surface area (Å²) in [5.74, 6) is -0.200. The van der Waals surface area contributed by atoms with Gasteiger partial charge in [-0.15, -0.1) is 0 Å². The van der Waals surface area contributed by atoms with Gasteiger partial charge in [0.1, 0.15) is 22.3 Å². The third-order valence-electron chi connectivity index (χ3n) is 7.30. The van der Waals surface area contributed by atoms with Gasteiger partial charge < -0.3 is 10.2 Å². The Labute approximate surface area is 233 Å². The maximum absolute atomic E-state index is 15.1. The summed E-state index contributed by atoms with van der Waals surface area (Å²) in [5, 5.41) is 12.7. The van der Waals surface area contributed by atoms with Gasteiger partial charge in [-0.25, -0.2) is 27.8 Å². The summed E-state index contributed by atoms with van der Waals surface area (Å²) in [6.45, 7) is 1.91. The Hall–Kier alpha value is -4.14. The van der Waals surface area contributed by atoms with Crippen LogP contribution in [-0.2, 0) is 10.0 Å². The van der Waals surface area contributed by atoms with Gasteiger partial charge in [0.15, 0.2) is 0 Å². The van der Waals surface area contributed by atoms with Crippen LogP contribution in [0.25, 0.3) is 22.3 Å². The monoisotopic (exact) mass is 559 g/mol. The van der Waals surface area contributed by atoms with Crippen molar-refractivity contribution in [1.82, 2.24) is 19.9 Å². The molecule has 1 aliphatic rings. The Kier molecular flexibility index (Phi) is 7.65. The van der Waals surface area contributed by atoms with E-state index in [1.165, 1.54) is 30.3 Å². The van der Waals surface area contributed by atoms with Crippen LogP contribution in [0.4, 0.5) is 16.0 Å². The van der Waals surface area contributed by atoms with E-state index in [1.807, 2.05) is 19.1 Å². The molecule has 2 aromatic carbocycles. The zero-order valence-electron chi connectivity index (χ0n) is 22.5. The molecule has 0 bridgehead atoms. The number of anilines is 2. The molecule has 1 aliphatic carbocycles. The number of rotatable bonds is 7. The predicted molar refractivity (Wildman–Crippen MR) is 153 cm³/mol. The molecule has 2 heterocycles. The fraction of sp³-hybridized carbons (Fsp3) is 0.310. The second kappa shape index (κ2) is 11.2.